The zero-order valence-corrected chi connectivity index (χ0v) is 14.2. The molecule has 0 radical (unpaired) electrons. The van der Waals surface area contributed by atoms with Crippen molar-refractivity contribution in [3.8, 4) is 11.5 Å². The van der Waals surface area contributed by atoms with Crippen molar-refractivity contribution in [1.29, 1.82) is 0 Å². The molecule has 0 aromatic heterocycles. The van der Waals surface area contributed by atoms with E-state index in [0.717, 1.165) is 11.8 Å². The number of thiocarbonyl (C=S) groups is 1. The molecule has 1 saturated heterocycles. The van der Waals surface area contributed by atoms with Crippen LogP contribution < -0.4 is 9.64 Å². The van der Waals surface area contributed by atoms with E-state index in [0.29, 0.717) is 26.2 Å². The van der Waals surface area contributed by atoms with Gasteiger partial charge in [-0.15, -0.1) is 0 Å². The quantitative estimate of drug-likeness (QED) is 0.663. The number of benzene rings is 2. The van der Waals surface area contributed by atoms with Crippen LogP contribution in [0.2, 0.25) is 0 Å². The molecule has 2 aromatic rings. The highest BCUT2D eigenvalue weighted by Gasteiger charge is 2.33. The number of amides is 1. The maximum absolute atomic E-state index is 13.4. The lowest BCUT2D eigenvalue weighted by molar-refractivity contribution is -0.113. The van der Waals surface area contributed by atoms with E-state index in [2.05, 4.69) is 0 Å². The number of nitrogens with zero attached hydrogens (tertiary/aromatic N) is 1. The Morgan fingerprint density at radius 1 is 1.29 bits per heavy atom. The van der Waals surface area contributed by atoms with E-state index in [4.69, 9.17) is 17.0 Å². The van der Waals surface area contributed by atoms with Crippen LogP contribution in [0.4, 0.5) is 10.1 Å². The minimum Gasteiger partial charge on any atom is -0.504 e. The fourth-order valence-corrected chi connectivity index (χ4v) is 3.56. The molecule has 0 spiro atoms. The van der Waals surface area contributed by atoms with Gasteiger partial charge in [0, 0.05) is 5.56 Å². The number of aromatic hydroxyl groups is 1. The number of carbonyl (C=O) groups excluding carboxylic acids is 1. The Kier molecular flexibility index (Phi) is 4.55. The number of phenolic OH excluding ortho intramolecular Hbond substituents is 1. The molecule has 0 aliphatic carbocycles. The van der Waals surface area contributed by atoms with Gasteiger partial charge in [0.1, 0.15) is 5.82 Å². The third-order valence-electron chi connectivity index (χ3n) is 3.40. The molecule has 7 heteroatoms. The van der Waals surface area contributed by atoms with E-state index in [1.807, 2.05) is 0 Å². The van der Waals surface area contributed by atoms with Gasteiger partial charge >= 0.3 is 0 Å². The molecule has 0 unspecified atom stereocenters. The first-order valence-electron chi connectivity index (χ1n) is 6.91. The molecule has 1 amide bonds. The van der Waals surface area contributed by atoms with Crippen molar-refractivity contribution in [2.45, 2.75) is 0 Å². The van der Waals surface area contributed by atoms with E-state index in [1.165, 1.54) is 36.3 Å². The highest BCUT2D eigenvalue weighted by atomic mass is 32.2. The molecular weight excluding hydrogens is 349 g/mol. The maximum atomic E-state index is 13.4. The first-order valence-corrected chi connectivity index (χ1v) is 8.13. The van der Waals surface area contributed by atoms with E-state index in [-0.39, 0.29) is 11.7 Å². The highest BCUT2D eigenvalue weighted by molar-refractivity contribution is 8.27. The number of halogens is 1. The fourth-order valence-electron chi connectivity index (χ4n) is 2.27. The van der Waals surface area contributed by atoms with Crippen molar-refractivity contribution in [2.75, 3.05) is 12.0 Å². The maximum Gasteiger partial charge on any atom is 0.270 e. The van der Waals surface area contributed by atoms with Crippen LogP contribution in [-0.2, 0) is 4.79 Å². The third-order valence-corrected chi connectivity index (χ3v) is 4.70. The average Bonchev–Trinajstić information content (AvgIpc) is 2.83. The second-order valence-electron chi connectivity index (χ2n) is 4.90. The van der Waals surface area contributed by atoms with Crippen LogP contribution in [0.3, 0.4) is 0 Å². The molecule has 122 valence electrons. The summed E-state index contributed by atoms with van der Waals surface area (Å²) in [4.78, 5) is 14.2. The third kappa shape index (κ3) is 3.00. The van der Waals surface area contributed by atoms with Crippen LogP contribution in [-0.4, -0.2) is 22.4 Å². The van der Waals surface area contributed by atoms with Gasteiger partial charge in [0.05, 0.1) is 17.7 Å². The molecule has 1 fully saturated rings. The summed E-state index contributed by atoms with van der Waals surface area (Å²) in [6.07, 6.45) is 1.54. The van der Waals surface area contributed by atoms with E-state index >= 15 is 0 Å². The molecule has 0 saturated carbocycles. The number of anilines is 1. The number of thioether (sulfide) groups is 1. The van der Waals surface area contributed by atoms with Crippen LogP contribution in [0.1, 0.15) is 5.56 Å². The molecule has 3 rings (SSSR count). The number of methoxy groups -OCH3 is 1. The zero-order chi connectivity index (χ0) is 17.3. The molecule has 24 heavy (non-hydrogen) atoms. The van der Waals surface area contributed by atoms with E-state index in [9.17, 15) is 14.3 Å². The Bertz CT molecular complexity index is 867. The highest BCUT2D eigenvalue weighted by Crippen LogP contribution is 2.38. The summed E-state index contributed by atoms with van der Waals surface area (Å²) in [6.45, 7) is 0. The van der Waals surface area contributed by atoms with Crippen LogP contribution in [0.15, 0.2) is 47.4 Å². The molecule has 0 bridgehead atoms. The second-order valence-corrected chi connectivity index (χ2v) is 6.57. The topological polar surface area (TPSA) is 49.8 Å². The number of hydrogen-bond acceptors (Lipinski definition) is 5. The second kappa shape index (κ2) is 6.62. The Labute approximate surface area is 147 Å². The van der Waals surface area contributed by atoms with Crippen LogP contribution in [0.25, 0.3) is 6.08 Å². The average molecular weight is 361 g/mol. The molecule has 1 aliphatic rings. The first kappa shape index (κ1) is 16.5. The van der Waals surface area contributed by atoms with Gasteiger partial charge in [-0.05, 0) is 30.3 Å². The van der Waals surface area contributed by atoms with Gasteiger partial charge in [-0.2, -0.15) is 0 Å². The largest absolute Gasteiger partial charge is 0.504 e. The SMILES string of the molecule is COc1cccc(/C=C2\SC(=S)N(c3cccc(F)c3)C2=O)c1O. The Morgan fingerprint density at radius 2 is 2.04 bits per heavy atom. The summed E-state index contributed by atoms with van der Waals surface area (Å²) < 4.78 is 18.8. The lowest BCUT2D eigenvalue weighted by atomic mass is 10.1. The van der Waals surface area contributed by atoms with Gasteiger partial charge in [-0.3, -0.25) is 9.69 Å². The molecule has 1 heterocycles. The van der Waals surface area contributed by atoms with E-state index in [1.54, 1.807) is 24.3 Å². The Hall–Kier alpha value is -2.38. The lowest BCUT2D eigenvalue weighted by Crippen LogP contribution is -2.27. The Balaban J connectivity index is 1.97. The minimum absolute atomic E-state index is 0.0592. The number of hydrogen-bond donors (Lipinski definition) is 1. The molecule has 1 N–H and O–H groups in total. The van der Waals surface area contributed by atoms with Gasteiger partial charge in [-0.1, -0.05) is 42.2 Å². The number of rotatable bonds is 3. The van der Waals surface area contributed by atoms with Crippen LogP contribution in [0.5, 0.6) is 11.5 Å². The molecule has 0 atom stereocenters. The van der Waals surface area contributed by atoms with Crippen molar-refractivity contribution in [2.24, 2.45) is 0 Å². The van der Waals surface area contributed by atoms with Crippen molar-refractivity contribution >= 4 is 46.0 Å². The van der Waals surface area contributed by atoms with Crippen LogP contribution in [0, 0.1) is 5.82 Å². The number of ether oxygens (including phenoxy) is 1. The first-order chi connectivity index (χ1) is 11.5. The summed E-state index contributed by atoms with van der Waals surface area (Å²) >= 11 is 6.33. The van der Waals surface area contributed by atoms with Crippen molar-refractivity contribution in [1.82, 2.24) is 0 Å². The minimum atomic E-state index is -0.448. The number of phenols is 1. The summed E-state index contributed by atoms with van der Waals surface area (Å²) in [7, 11) is 1.45. The van der Waals surface area contributed by atoms with Crippen molar-refractivity contribution < 1.29 is 19.0 Å². The summed E-state index contributed by atoms with van der Waals surface area (Å²) in [6, 6.07) is 10.7. The smallest absolute Gasteiger partial charge is 0.270 e. The molecular formula is C17H12FNO3S2. The normalized spacial score (nSPS) is 16.1. The van der Waals surface area contributed by atoms with Crippen LogP contribution >= 0.6 is 24.0 Å². The fraction of sp³-hybridized carbons (Fsp3) is 0.0588. The van der Waals surface area contributed by atoms with E-state index < -0.39 is 5.82 Å². The van der Waals surface area contributed by atoms with Gasteiger partial charge in [-0.25, -0.2) is 4.39 Å². The number of carbonyl (C=O) groups is 1. The van der Waals surface area contributed by atoms with Crippen molar-refractivity contribution in [3.63, 3.8) is 0 Å². The van der Waals surface area contributed by atoms with Gasteiger partial charge in [0.2, 0.25) is 0 Å². The van der Waals surface area contributed by atoms with Gasteiger partial charge < -0.3 is 9.84 Å². The monoisotopic (exact) mass is 361 g/mol. The Morgan fingerprint density at radius 3 is 2.75 bits per heavy atom. The molecule has 2 aromatic carbocycles. The van der Waals surface area contributed by atoms with Gasteiger partial charge in [0.25, 0.3) is 5.91 Å². The summed E-state index contributed by atoms with van der Waals surface area (Å²) in [5.41, 5.74) is 0.810. The predicted octanol–water partition coefficient (Wildman–Crippen LogP) is 3.95. The summed E-state index contributed by atoms with van der Waals surface area (Å²) in [5, 5.41) is 10.1. The zero-order valence-electron chi connectivity index (χ0n) is 12.5. The predicted molar refractivity (Wildman–Crippen MR) is 96.7 cm³/mol. The lowest BCUT2D eigenvalue weighted by Gasteiger charge is -2.14. The standard InChI is InChI=1S/C17H12FNO3S2/c1-22-13-7-2-4-10(15(13)20)8-14-16(21)19(17(23)24-14)12-6-3-5-11(18)9-12/h2-9,20H,1H3/b14-8-. The molecule has 4 nitrogen and oxygen atoms in total. The number of para-hydroxylation sites is 1. The van der Waals surface area contributed by atoms with Crippen molar-refractivity contribution in [3.05, 3.63) is 58.8 Å². The van der Waals surface area contributed by atoms with Gasteiger partial charge in [0.15, 0.2) is 15.8 Å². The molecule has 1 aliphatic heterocycles. The summed E-state index contributed by atoms with van der Waals surface area (Å²) in [5.74, 6) is -0.561.